The molecule has 2 rings (SSSR count). The number of fused-ring (bicyclic) bond motifs is 1. The van der Waals surface area contributed by atoms with Gasteiger partial charge in [-0.15, -0.1) is 0 Å². The largest absolute Gasteiger partial charge is 0.240 e. The van der Waals surface area contributed by atoms with E-state index in [2.05, 4.69) is 23.8 Å². The molecule has 22 heavy (non-hydrogen) atoms. The molecule has 0 heterocycles. The number of nitrogens with zero attached hydrogens (tertiary/aromatic N) is 2. The average molecular weight is 298 g/mol. The van der Waals surface area contributed by atoms with Gasteiger partial charge < -0.3 is 0 Å². The van der Waals surface area contributed by atoms with Crippen LogP contribution in [0.25, 0.3) is 0 Å². The molecule has 0 aromatic heterocycles. The minimum atomic E-state index is -0.302. The van der Waals surface area contributed by atoms with Gasteiger partial charge in [0.05, 0.1) is 11.4 Å². The Bertz CT molecular complexity index is 727. The van der Waals surface area contributed by atoms with Gasteiger partial charge in [0.15, 0.2) is 0 Å². The molecule has 1 aliphatic carbocycles. The minimum Gasteiger partial charge on any atom is -0.211 e. The number of isocyanates is 2. The van der Waals surface area contributed by atoms with Crippen molar-refractivity contribution < 1.29 is 9.59 Å². The van der Waals surface area contributed by atoms with E-state index in [0.29, 0.717) is 11.4 Å². The first-order chi connectivity index (χ1) is 10.1. The first-order valence-corrected chi connectivity index (χ1v) is 7.51. The Morgan fingerprint density at radius 3 is 2.09 bits per heavy atom. The summed E-state index contributed by atoms with van der Waals surface area (Å²) in [4.78, 5) is 29.9. The topological polar surface area (TPSA) is 58.9 Å². The summed E-state index contributed by atoms with van der Waals surface area (Å²) in [7, 11) is 0. The van der Waals surface area contributed by atoms with E-state index in [0.717, 1.165) is 35.1 Å². The zero-order valence-corrected chi connectivity index (χ0v) is 14.1. The maximum Gasteiger partial charge on any atom is 0.240 e. The van der Waals surface area contributed by atoms with Gasteiger partial charge in [-0.05, 0) is 47.3 Å². The van der Waals surface area contributed by atoms with Crippen LogP contribution >= 0.6 is 0 Å². The number of aliphatic imine (C=N–C) groups is 2. The van der Waals surface area contributed by atoms with Gasteiger partial charge in [0, 0.05) is 5.56 Å². The quantitative estimate of drug-likeness (QED) is 0.598. The highest BCUT2D eigenvalue weighted by molar-refractivity contribution is 5.78. The normalized spacial score (nSPS) is 15.7. The van der Waals surface area contributed by atoms with Crippen LogP contribution in [0.4, 0.5) is 11.4 Å². The number of hydrogen-bond acceptors (Lipinski definition) is 4. The van der Waals surface area contributed by atoms with E-state index >= 15 is 0 Å². The summed E-state index contributed by atoms with van der Waals surface area (Å²) in [5, 5.41) is 0. The van der Waals surface area contributed by atoms with Crippen molar-refractivity contribution in [3.05, 3.63) is 22.3 Å². The van der Waals surface area contributed by atoms with E-state index in [1.165, 1.54) is 0 Å². The van der Waals surface area contributed by atoms with Crippen molar-refractivity contribution in [2.45, 2.75) is 65.2 Å². The lowest BCUT2D eigenvalue weighted by Gasteiger charge is -2.29. The molecule has 0 aliphatic heterocycles. The molecule has 4 nitrogen and oxygen atoms in total. The smallest absolute Gasteiger partial charge is 0.211 e. The average Bonchev–Trinajstić information content (AvgIpc) is 2.70. The Morgan fingerprint density at radius 1 is 1.05 bits per heavy atom. The van der Waals surface area contributed by atoms with Crippen molar-refractivity contribution >= 4 is 23.5 Å². The lowest BCUT2D eigenvalue weighted by Crippen LogP contribution is -2.18. The van der Waals surface area contributed by atoms with E-state index in [1.807, 2.05) is 27.7 Å². The van der Waals surface area contributed by atoms with Gasteiger partial charge in [-0.2, -0.15) is 9.98 Å². The van der Waals surface area contributed by atoms with Crippen molar-refractivity contribution in [3.8, 4) is 0 Å². The maximum absolute atomic E-state index is 11.0. The van der Waals surface area contributed by atoms with Crippen LogP contribution in [-0.4, -0.2) is 12.2 Å². The zero-order valence-electron chi connectivity index (χ0n) is 14.1. The van der Waals surface area contributed by atoms with Gasteiger partial charge in [0.1, 0.15) is 0 Å². The summed E-state index contributed by atoms with van der Waals surface area (Å²) in [6.45, 7) is 12.4. The molecular formula is C18H22N2O2. The van der Waals surface area contributed by atoms with Crippen LogP contribution < -0.4 is 0 Å². The van der Waals surface area contributed by atoms with Crippen molar-refractivity contribution in [1.82, 2.24) is 0 Å². The predicted octanol–water partition coefficient (Wildman–Crippen LogP) is 4.45. The molecule has 0 N–H and O–H groups in total. The molecule has 0 saturated carbocycles. The van der Waals surface area contributed by atoms with Crippen LogP contribution in [-0.2, 0) is 26.8 Å². The third-order valence-corrected chi connectivity index (χ3v) is 4.56. The molecule has 0 saturated heterocycles. The highest BCUT2D eigenvalue weighted by atomic mass is 16.1. The van der Waals surface area contributed by atoms with Crippen LogP contribution in [0.5, 0.6) is 0 Å². The number of carbonyl (C=O) groups excluding carboxylic acids is 2. The number of rotatable bonds is 2. The van der Waals surface area contributed by atoms with Crippen LogP contribution in [0, 0.1) is 6.92 Å². The van der Waals surface area contributed by atoms with E-state index in [1.54, 1.807) is 12.2 Å². The molecule has 1 aromatic carbocycles. The van der Waals surface area contributed by atoms with Crippen LogP contribution in [0.2, 0.25) is 0 Å². The second-order valence-electron chi connectivity index (χ2n) is 7.59. The second kappa shape index (κ2) is 5.31. The summed E-state index contributed by atoms with van der Waals surface area (Å²) in [6, 6.07) is 0. The predicted molar refractivity (Wildman–Crippen MR) is 86.8 cm³/mol. The van der Waals surface area contributed by atoms with Crippen LogP contribution in [0.15, 0.2) is 9.98 Å². The molecule has 0 amide bonds. The summed E-state index contributed by atoms with van der Waals surface area (Å²) in [5.74, 6) is 0. The van der Waals surface area contributed by atoms with Crippen LogP contribution in [0.3, 0.4) is 0 Å². The first-order valence-electron chi connectivity index (χ1n) is 7.51. The molecule has 0 spiro atoms. The van der Waals surface area contributed by atoms with Gasteiger partial charge in [-0.3, -0.25) is 0 Å². The third-order valence-electron chi connectivity index (χ3n) is 4.56. The molecule has 116 valence electrons. The fraction of sp³-hybridized carbons (Fsp3) is 0.556. The lowest BCUT2D eigenvalue weighted by atomic mass is 9.76. The van der Waals surface area contributed by atoms with Gasteiger partial charge in [0.2, 0.25) is 12.2 Å². The SMILES string of the molecule is Cc1c2c(c(N=C=O)c(C(C)(C)C)c1N=C=O)C(C)(C)CC2. The van der Waals surface area contributed by atoms with Crippen molar-refractivity contribution in [2.75, 3.05) is 0 Å². The highest BCUT2D eigenvalue weighted by Gasteiger charge is 2.38. The van der Waals surface area contributed by atoms with E-state index < -0.39 is 0 Å². The van der Waals surface area contributed by atoms with E-state index in [9.17, 15) is 9.59 Å². The van der Waals surface area contributed by atoms with Gasteiger partial charge in [0.25, 0.3) is 0 Å². The van der Waals surface area contributed by atoms with Gasteiger partial charge in [-0.25, -0.2) is 9.59 Å². The molecule has 4 heteroatoms. The molecule has 0 fully saturated rings. The molecule has 0 atom stereocenters. The Labute approximate surface area is 131 Å². The number of hydrogen-bond donors (Lipinski definition) is 0. The summed E-state index contributed by atoms with van der Waals surface area (Å²) < 4.78 is 0. The second-order valence-corrected chi connectivity index (χ2v) is 7.59. The molecule has 0 radical (unpaired) electrons. The highest BCUT2D eigenvalue weighted by Crippen LogP contribution is 2.53. The lowest BCUT2D eigenvalue weighted by molar-refractivity contribution is 0.520. The Morgan fingerprint density at radius 2 is 1.59 bits per heavy atom. The van der Waals surface area contributed by atoms with Crippen molar-refractivity contribution in [1.29, 1.82) is 0 Å². The Kier molecular flexibility index (Phi) is 3.95. The van der Waals surface area contributed by atoms with E-state index in [4.69, 9.17) is 0 Å². The summed E-state index contributed by atoms with van der Waals surface area (Å²) in [5.41, 5.74) is 4.96. The number of benzene rings is 1. The molecular weight excluding hydrogens is 276 g/mol. The fourth-order valence-electron chi connectivity index (χ4n) is 3.56. The Balaban J connectivity index is 3.07. The molecule has 1 aliphatic rings. The molecule has 0 unspecified atom stereocenters. The van der Waals surface area contributed by atoms with Gasteiger partial charge >= 0.3 is 0 Å². The molecule has 1 aromatic rings. The fourth-order valence-corrected chi connectivity index (χ4v) is 3.56. The zero-order chi connectivity index (χ0) is 16.7. The monoisotopic (exact) mass is 298 g/mol. The third kappa shape index (κ3) is 2.45. The summed E-state index contributed by atoms with van der Waals surface area (Å²) in [6.07, 6.45) is 5.23. The standard InChI is InChI=1S/C18H22N2O2/c1-11-12-7-8-18(5,6)13(12)16(20-10-22)14(17(2,3)4)15(11)19-9-21/h7-8H2,1-6H3. The Hall–Kier alpha value is -2.02. The first kappa shape index (κ1) is 16.4. The maximum atomic E-state index is 11.0. The van der Waals surface area contributed by atoms with E-state index in [-0.39, 0.29) is 10.8 Å². The summed E-state index contributed by atoms with van der Waals surface area (Å²) >= 11 is 0. The van der Waals surface area contributed by atoms with Crippen molar-refractivity contribution in [3.63, 3.8) is 0 Å². The molecule has 0 bridgehead atoms. The minimum absolute atomic E-state index is 0.0563. The van der Waals surface area contributed by atoms with Crippen molar-refractivity contribution in [2.24, 2.45) is 9.98 Å². The van der Waals surface area contributed by atoms with Crippen LogP contribution in [0.1, 0.15) is 63.3 Å². The van der Waals surface area contributed by atoms with Gasteiger partial charge in [-0.1, -0.05) is 34.6 Å².